The maximum absolute atomic E-state index is 5.81. The van der Waals surface area contributed by atoms with Gasteiger partial charge in [0.25, 0.3) is 0 Å². The maximum atomic E-state index is 5.81. The Hall–Kier alpha value is -2.36. The van der Waals surface area contributed by atoms with Gasteiger partial charge in [-0.05, 0) is 6.92 Å². The summed E-state index contributed by atoms with van der Waals surface area (Å²) in [6, 6.07) is 12.0. The van der Waals surface area contributed by atoms with E-state index in [0.29, 0.717) is 5.69 Å². The second-order valence-electron chi connectivity index (χ2n) is 3.96. The van der Waals surface area contributed by atoms with Gasteiger partial charge in [0.1, 0.15) is 0 Å². The molecule has 4 nitrogen and oxygen atoms in total. The summed E-state index contributed by atoms with van der Waals surface area (Å²) in [5, 5.41) is 4.52. The minimum absolute atomic E-state index is 0.653. The Balaban J connectivity index is 2.24. The van der Waals surface area contributed by atoms with Gasteiger partial charge in [-0.2, -0.15) is 5.10 Å². The minimum atomic E-state index is 0.653. The molecule has 1 aromatic carbocycles. The standard InChI is InChI=1S/C13H12N4/c1-9-11(14)8-15-13-7-12(16-17(9)13)10-5-3-2-4-6-10/h2-8H,14H2,1H3. The topological polar surface area (TPSA) is 56.2 Å². The van der Waals surface area contributed by atoms with Crippen LogP contribution in [0.25, 0.3) is 16.9 Å². The lowest BCUT2D eigenvalue weighted by Gasteiger charge is -2.00. The zero-order chi connectivity index (χ0) is 11.8. The van der Waals surface area contributed by atoms with E-state index in [2.05, 4.69) is 10.1 Å². The van der Waals surface area contributed by atoms with E-state index in [1.165, 1.54) is 0 Å². The normalized spacial score (nSPS) is 10.9. The first-order valence-corrected chi connectivity index (χ1v) is 5.42. The van der Waals surface area contributed by atoms with Crippen molar-refractivity contribution in [3.05, 3.63) is 48.3 Å². The van der Waals surface area contributed by atoms with Crippen LogP contribution >= 0.6 is 0 Å². The van der Waals surface area contributed by atoms with Gasteiger partial charge < -0.3 is 5.73 Å². The fraction of sp³-hybridized carbons (Fsp3) is 0.0769. The summed E-state index contributed by atoms with van der Waals surface area (Å²) in [5.74, 6) is 0. The molecule has 2 aromatic heterocycles. The van der Waals surface area contributed by atoms with Crippen molar-refractivity contribution in [1.29, 1.82) is 0 Å². The summed E-state index contributed by atoms with van der Waals surface area (Å²) in [4.78, 5) is 4.26. The smallest absolute Gasteiger partial charge is 0.155 e. The number of nitrogen functional groups attached to an aromatic ring is 1. The van der Waals surface area contributed by atoms with E-state index in [-0.39, 0.29) is 0 Å². The first-order valence-electron chi connectivity index (χ1n) is 5.42. The Kier molecular flexibility index (Phi) is 2.08. The molecule has 0 saturated carbocycles. The highest BCUT2D eigenvalue weighted by Crippen LogP contribution is 2.20. The van der Waals surface area contributed by atoms with Gasteiger partial charge >= 0.3 is 0 Å². The zero-order valence-electron chi connectivity index (χ0n) is 9.46. The summed E-state index contributed by atoms with van der Waals surface area (Å²) >= 11 is 0. The lowest BCUT2D eigenvalue weighted by Crippen LogP contribution is -2.00. The van der Waals surface area contributed by atoms with E-state index in [0.717, 1.165) is 22.6 Å². The second-order valence-corrected chi connectivity index (χ2v) is 3.96. The lowest BCUT2D eigenvalue weighted by atomic mass is 10.2. The van der Waals surface area contributed by atoms with E-state index in [1.54, 1.807) is 10.7 Å². The maximum Gasteiger partial charge on any atom is 0.155 e. The number of fused-ring (bicyclic) bond motifs is 1. The van der Waals surface area contributed by atoms with Crippen LogP contribution < -0.4 is 5.73 Å². The van der Waals surface area contributed by atoms with Crippen LogP contribution in [0.15, 0.2) is 42.6 Å². The van der Waals surface area contributed by atoms with Crippen LogP contribution in [0.4, 0.5) is 5.69 Å². The van der Waals surface area contributed by atoms with E-state index in [4.69, 9.17) is 5.73 Å². The highest BCUT2D eigenvalue weighted by atomic mass is 15.3. The number of aryl methyl sites for hydroxylation is 1. The Morgan fingerprint density at radius 2 is 1.94 bits per heavy atom. The number of benzene rings is 1. The fourth-order valence-electron chi connectivity index (χ4n) is 1.81. The molecule has 0 radical (unpaired) electrons. The average molecular weight is 224 g/mol. The Morgan fingerprint density at radius 1 is 1.18 bits per heavy atom. The highest BCUT2D eigenvalue weighted by Gasteiger charge is 2.07. The van der Waals surface area contributed by atoms with Gasteiger partial charge in [-0.3, -0.25) is 0 Å². The number of hydrogen-bond acceptors (Lipinski definition) is 3. The largest absolute Gasteiger partial charge is 0.396 e. The molecule has 0 atom stereocenters. The first-order chi connectivity index (χ1) is 8.25. The Labute approximate surface area is 98.7 Å². The van der Waals surface area contributed by atoms with Crippen molar-refractivity contribution in [3.8, 4) is 11.3 Å². The molecule has 0 amide bonds. The van der Waals surface area contributed by atoms with Gasteiger partial charge in [0, 0.05) is 11.6 Å². The molecule has 0 saturated heterocycles. The molecule has 0 fully saturated rings. The van der Waals surface area contributed by atoms with Crippen LogP contribution in [0.3, 0.4) is 0 Å². The summed E-state index contributed by atoms with van der Waals surface area (Å²) < 4.78 is 1.78. The average Bonchev–Trinajstić information content (AvgIpc) is 2.80. The minimum Gasteiger partial charge on any atom is -0.396 e. The van der Waals surface area contributed by atoms with Crippen LogP contribution in [-0.4, -0.2) is 14.6 Å². The number of nitrogens with zero attached hydrogens (tertiary/aromatic N) is 3. The SMILES string of the molecule is Cc1c(N)cnc2cc(-c3ccccc3)nn12. The summed E-state index contributed by atoms with van der Waals surface area (Å²) in [6.45, 7) is 1.94. The molecule has 0 bridgehead atoms. The number of anilines is 1. The Bertz CT molecular complexity index is 670. The van der Waals surface area contributed by atoms with Crippen LogP contribution in [-0.2, 0) is 0 Å². The summed E-state index contributed by atoms with van der Waals surface area (Å²) in [6.07, 6.45) is 1.67. The van der Waals surface area contributed by atoms with Crippen molar-refractivity contribution in [3.63, 3.8) is 0 Å². The molecule has 0 unspecified atom stereocenters. The van der Waals surface area contributed by atoms with Gasteiger partial charge in [0.05, 0.1) is 23.3 Å². The van der Waals surface area contributed by atoms with Gasteiger partial charge in [-0.15, -0.1) is 0 Å². The monoisotopic (exact) mass is 224 g/mol. The molecular formula is C13H12N4. The van der Waals surface area contributed by atoms with Gasteiger partial charge in [0.2, 0.25) is 0 Å². The summed E-state index contributed by atoms with van der Waals surface area (Å²) in [7, 11) is 0. The fourth-order valence-corrected chi connectivity index (χ4v) is 1.81. The number of nitrogens with two attached hydrogens (primary N) is 1. The highest BCUT2D eigenvalue weighted by molar-refractivity contribution is 5.64. The van der Waals surface area contributed by atoms with Crippen LogP contribution in [0.5, 0.6) is 0 Å². The predicted molar refractivity (Wildman–Crippen MR) is 67.6 cm³/mol. The second kappa shape index (κ2) is 3.59. The molecule has 0 aliphatic heterocycles. The number of rotatable bonds is 1. The Morgan fingerprint density at radius 3 is 2.71 bits per heavy atom. The molecule has 4 heteroatoms. The third-order valence-electron chi connectivity index (χ3n) is 2.83. The molecular weight excluding hydrogens is 212 g/mol. The third kappa shape index (κ3) is 1.54. The van der Waals surface area contributed by atoms with Gasteiger partial charge in [-0.25, -0.2) is 9.50 Å². The van der Waals surface area contributed by atoms with Gasteiger partial charge in [0.15, 0.2) is 5.65 Å². The van der Waals surface area contributed by atoms with Crippen molar-refractivity contribution in [1.82, 2.24) is 14.6 Å². The molecule has 3 aromatic rings. The molecule has 2 N–H and O–H groups in total. The molecule has 2 heterocycles. The van der Waals surface area contributed by atoms with Crippen LogP contribution in [0.2, 0.25) is 0 Å². The van der Waals surface area contributed by atoms with Crippen molar-refractivity contribution in [2.75, 3.05) is 5.73 Å². The molecule has 0 aliphatic rings. The molecule has 3 rings (SSSR count). The molecule has 0 aliphatic carbocycles. The van der Waals surface area contributed by atoms with Crippen molar-refractivity contribution >= 4 is 11.3 Å². The number of hydrogen-bond donors (Lipinski definition) is 1. The van der Waals surface area contributed by atoms with Gasteiger partial charge in [-0.1, -0.05) is 30.3 Å². The third-order valence-corrected chi connectivity index (χ3v) is 2.83. The van der Waals surface area contributed by atoms with Crippen LogP contribution in [0, 0.1) is 6.92 Å². The van der Waals surface area contributed by atoms with E-state index in [9.17, 15) is 0 Å². The van der Waals surface area contributed by atoms with Crippen molar-refractivity contribution in [2.24, 2.45) is 0 Å². The quantitative estimate of drug-likeness (QED) is 0.690. The predicted octanol–water partition coefficient (Wildman–Crippen LogP) is 2.29. The molecule has 17 heavy (non-hydrogen) atoms. The summed E-state index contributed by atoms with van der Waals surface area (Å²) in [5.41, 5.74) is 10.2. The van der Waals surface area contributed by atoms with E-state index in [1.807, 2.05) is 43.3 Å². The van der Waals surface area contributed by atoms with E-state index < -0.39 is 0 Å². The van der Waals surface area contributed by atoms with E-state index >= 15 is 0 Å². The lowest BCUT2D eigenvalue weighted by molar-refractivity contribution is 0.902. The van der Waals surface area contributed by atoms with Crippen LogP contribution in [0.1, 0.15) is 5.69 Å². The molecule has 84 valence electrons. The molecule has 0 spiro atoms. The zero-order valence-corrected chi connectivity index (χ0v) is 9.46. The van der Waals surface area contributed by atoms with Crippen molar-refractivity contribution in [2.45, 2.75) is 6.92 Å². The first kappa shape index (κ1) is 9.84. The van der Waals surface area contributed by atoms with Crippen molar-refractivity contribution < 1.29 is 0 Å². The number of aromatic nitrogens is 3.